The maximum Gasteiger partial charge on any atom is 0.225 e. The lowest BCUT2D eigenvalue weighted by molar-refractivity contribution is -0.116. The van der Waals surface area contributed by atoms with Crippen molar-refractivity contribution in [2.24, 2.45) is 5.73 Å². The van der Waals surface area contributed by atoms with Gasteiger partial charge in [0.15, 0.2) is 0 Å². The van der Waals surface area contributed by atoms with Gasteiger partial charge < -0.3 is 16.0 Å². The minimum Gasteiger partial charge on any atom is -0.326 e. The van der Waals surface area contributed by atoms with Gasteiger partial charge in [0.25, 0.3) is 0 Å². The summed E-state index contributed by atoms with van der Waals surface area (Å²) in [6.45, 7) is 7.78. The molecular formula is C16H27N3O. The Balaban J connectivity index is 2.48. The van der Waals surface area contributed by atoms with Crippen LogP contribution in [-0.2, 0) is 11.3 Å². The van der Waals surface area contributed by atoms with Crippen molar-refractivity contribution in [2.45, 2.75) is 45.7 Å². The van der Waals surface area contributed by atoms with Crippen LogP contribution in [0.2, 0.25) is 0 Å². The predicted octanol–water partition coefficient (Wildman–Crippen LogP) is 2.59. The van der Waals surface area contributed by atoms with Crippen LogP contribution in [0.25, 0.3) is 0 Å². The first-order valence-corrected chi connectivity index (χ1v) is 7.19. The van der Waals surface area contributed by atoms with Crippen LogP contribution in [0.3, 0.4) is 0 Å². The van der Waals surface area contributed by atoms with E-state index in [2.05, 4.69) is 38.0 Å². The number of rotatable bonds is 7. The number of nitrogens with one attached hydrogen (secondary N) is 1. The smallest absolute Gasteiger partial charge is 0.225 e. The van der Waals surface area contributed by atoms with Gasteiger partial charge in [-0.25, -0.2) is 0 Å². The molecule has 112 valence electrons. The van der Waals surface area contributed by atoms with Crippen molar-refractivity contribution in [2.75, 3.05) is 18.9 Å². The van der Waals surface area contributed by atoms with Crippen molar-refractivity contribution in [3.8, 4) is 0 Å². The second kappa shape index (κ2) is 7.41. The van der Waals surface area contributed by atoms with Gasteiger partial charge in [0, 0.05) is 30.7 Å². The summed E-state index contributed by atoms with van der Waals surface area (Å²) in [5, 5.41) is 2.92. The lowest BCUT2D eigenvalue weighted by Gasteiger charge is -2.34. The van der Waals surface area contributed by atoms with Gasteiger partial charge in [-0.2, -0.15) is 0 Å². The molecule has 3 N–H and O–H groups in total. The standard InChI is InChI=1S/C16H27N3O/c1-5-16(2,3)19(4)10-9-15(20)18-14-8-6-7-13(11-14)12-17/h6-8,11H,5,9-10,12,17H2,1-4H3,(H,18,20). The highest BCUT2D eigenvalue weighted by molar-refractivity contribution is 5.90. The molecule has 4 nitrogen and oxygen atoms in total. The molecule has 1 aromatic rings. The summed E-state index contributed by atoms with van der Waals surface area (Å²) in [6, 6.07) is 7.66. The molecule has 0 aromatic heterocycles. The molecule has 0 radical (unpaired) electrons. The first kappa shape index (κ1) is 16.7. The van der Waals surface area contributed by atoms with E-state index in [1.54, 1.807) is 0 Å². The maximum absolute atomic E-state index is 12.0. The molecule has 1 aromatic carbocycles. The molecule has 0 aliphatic rings. The molecule has 0 saturated heterocycles. The van der Waals surface area contributed by atoms with E-state index in [9.17, 15) is 4.79 Å². The summed E-state index contributed by atoms with van der Waals surface area (Å²) < 4.78 is 0. The van der Waals surface area contributed by atoms with E-state index in [4.69, 9.17) is 5.73 Å². The van der Waals surface area contributed by atoms with E-state index >= 15 is 0 Å². The van der Waals surface area contributed by atoms with Crippen molar-refractivity contribution in [3.05, 3.63) is 29.8 Å². The topological polar surface area (TPSA) is 58.4 Å². The first-order chi connectivity index (χ1) is 9.39. The molecule has 0 atom stereocenters. The van der Waals surface area contributed by atoms with Crippen LogP contribution in [-0.4, -0.2) is 29.9 Å². The van der Waals surface area contributed by atoms with Gasteiger partial charge in [0.1, 0.15) is 0 Å². The first-order valence-electron chi connectivity index (χ1n) is 7.19. The van der Waals surface area contributed by atoms with Crippen LogP contribution >= 0.6 is 0 Å². The molecule has 0 saturated carbocycles. The molecule has 0 aliphatic heterocycles. The molecular weight excluding hydrogens is 250 g/mol. The second-order valence-electron chi connectivity index (χ2n) is 5.79. The predicted molar refractivity (Wildman–Crippen MR) is 84.6 cm³/mol. The number of carbonyl (C=O) groups is 1. The van der Waals surface area contributed by atoms with Crippen LogP contribution in [0, 0.1) is 0 Å². The zero-order valence-electron chi connectivity index (χ0n) is 13.1. The fourth-order valence-electron chi connectivity index (χ4n) is 1.84. The number of hydrogen-bond acceptors (Lipinski definition) is 3. The van der Waals surface area contributed by atoms with Gasteiger partial charge in [0.05, 0.1) is 0 Å². The quantitative estimate of drug-likeness (QED) is 0.805. The Morgan fingerprint density at radius 2 is 2.10 bits per heavy atom. The van der Waals surface area contributed by atoms with Crippen LogP contribution in [0.15, 0.2) is 24.3 Å². The van der Waals surface area contributed by atoms with Gasteiger partial charge in [0.2, 0.25) is 5.91 Å². The van der Waals surface area contributed by atoms with E-state index in [1.807, 2.05) is 24.3 Å². The molecule has 0 heterocycles. The average molecular weight is 277 g/mol. The number of hydrogen-bond donors (Lipinski definition) is 2. The Bertz CT molecular complexity index is 443. The van der Waals surface area contributed by atoms with E-state index in [-0.39, 0.29) is 11.4 Å². The number of benzene rings is 1. The highest BCUT2D eigenvalue weighted by Crippen LogP contribution is 2.16. The Morgan fingerprint density at radius 1 is 1.40 bits per heavy atom. The third-order valence-corrected chi connectivity index (χ3v) is 4.02. The van der Waals surface area contributed by atoms with Crippen molar-refractivity contribution in [1.82, 2.24) is 4.90 Å². The molecule has 0 fully saturated rings. The highest BCUT2D eigenvalue weighted by atomic mass is 16.1. The fourth-order valence-corrected chi connectivity index (χ4v) is 1.84. The minimum absolute atomic E-state index is 0.0397. The minimum atomic E-state index is 0.0397. The van der Waals surface area contributed by atoms with Crippen LogP contribution in [0.4, 0.5) is 5.69 Å². The zero-order valence-corrected chi connectivity index (χ0v) is 13.1. The molecule has 0 bridgehead atoms. The lowest BCUT2D eigenvalue weighted by Crippen LogP contribution is -2.41. The van der Waals surface area contributed by atoms with Gasteiger partial charge >= 0.3 is 0 Å². The molecule has 4 heteroatoms. The Hall–Kier alpha value is -1.39. The van der Waals surface area contributed by atoms with E-state index in [0.29, 0.717) is 13.0 Å². The lowest BCUT2D eigenvalue weighted by atomic mass is 10.00. The van der Waals surface area contributed by atoms with Crippen molar-refractivity contribution < 1.29 is 4.79 Å². The molecule has 0 spiro atoms. The number of anilines is 1. The summed E-state index contributed by atoms with van der Waals surface area (Å²) in [6.07, 6.45) is 1.55. The van der Waals surface area contributed by atoms with Gasteiger partial charge in [-0.1, -0.05) is 19.1 Å². The molecule has 20 heavy (non-hydrogen) atoms. The monoisotopic (exact) mass is 277 g/mol. The van der Waals surface area contributed by atoms with Gasteiger partial charge in [-0.05, 0) is 45.0 Å². The van der Waals surface area contributed by atoms with E-state index in [0.717, 1.165) is 24.2 Å². The number of nitrogens with zero attached hydrogens (tertiary/aromatic N) is 1. The van der Waals surface area contributed by atoms with Crippen LogP contribution in [0.1, 0.15) is 39.2 Å². The molecule has 1 amide bonds. The highest BCUT2D eigenvalue weighted by Gasteiger charge is 2.21. The Kier molecular flexibility index (Phi) is 6.17. The summed E-state index contributed by atoms with van der Waals surface area (Å²) in [5.41, 5.74) is 7.55. The Morgan fingerprint density at radius 3 is 2.70 bits per heavy atom. The van der Waals surface area contributed by atoms with Crippen molar-refractivity contribution in [1.29, 1.82) is 0 Å². The van der Waals surface area contributed by atoms with Crippen LogP contribution in [0.5, 0.6) is 0 Å². The van der Waals surface area contributed by atoms with Crippen LogP contribution < -0.4 is 11.1 Å². The average Bonchev–Trinajstić information content (AvgIpc) is 2.44. The van der Waals surface area contributed by atoms with Gasteiger partial charge in [-0.3, -0.25) is 4.79 Å². The number of carbonyl (C=O) groups excluding carboxylic acids is 1. The fraction of sp³-hybridized carbons (Fsp3) is 0.562. The largest absolute Gasteiger partial charge is 0.326 e. The summed E-state index contributed by atoms with van der Waals surface area (Å²) >= 11 is 0. The molecule has 1 rings (SSSR count). The van der Waals surface area contributed by atoms with Crippen molar-refractivity contribution in [3.63, 3.8) is 0 Å². The SMILES string of the molecule is CCC(C)(C)N(C)CCC(=O)Nc1cccc(CN)c1. The number of nitrogens with two attached hydrogens (primary N) is 1. The maximum atomic E-state index is 12.0. The summed E-state index contributed by atoms with van der Waals surface area (Å²) in [4.78, 5) is 14.2. The molecule has 0 aliphatic carbocycles. The normalized spacial score (nSPS) is 11.7. The zero-order chi connectivity index (χ0) is 15.2. The van der Waals surface area contributed by atoms with Crippen molar-refractivity contribution >= 4 is 11.6 Å². The third-order valence-electron chi connectivity index (χ3n) is 4.02. The molecule has 0 unspecified atom stereocenters. The van der Waals surface area contributed by atoms with Gasteiger partial charge in [-0.15, -0.1) is 0 Å². The second-order valence-corrected chi connectivity index (χ2v) is 5.79. The Labute approximate surface area is 122 Å². The van der Waals surface area contributed by atoms with E-state index < -0.39 is 0 Å². The summed E-state index contributed by atoms with van der Waals surface area (Å²) in [5.74, 6) is 0.0397. The summed E-state index contributed by atoms with van der Waals surface area (Å²) in [7, 11) is 2.06. The number of amides is 1. The van der Waals surface area contributed by atoms with E-state index in [1.165, 1.54) is 0 Å². The third kappa shape index (κ3) is 4.94.